The van der Waals surface area contributed by atoms with Crippen molar-refractivity contribution in [1.82, 2.24) is 0 Å². The first kappa shape index (κ1) is 13.1. The first-order valence-corrected chi connectivity index (χ1v) is 5.88. The molecule has 0 fully saturated rings. The molecule has 0 amide bonds. The molecule has 0 saturated heterocycles. The van der Waals surface area contributed by atoms with Gasteiger partial charge in [-0.25, -0.2) is 9.18 Å². The largest absolute Gasteiger partial charge is 0.479 e. The minimum Gasteiger partial charge on any atom is -0.479 e. The Bertz CT molecular complexity index is 581. The summed E-state index contributed by atoms with van der Waals surface area (Å²) < 4.78 is 13.2. The molecule has 0 heterocycles. The molecule has 1 atom stereocenters. The Hall–Kier alpha value is -2.36. The number of hydrogen-bond donors (Lipinski definition) is 2. The van der Waals surface area contributed by atoms with Gasteiger partial charge in [0.15, 0.2) is 6.04 Å². The molecular formula is C15H14FNO2. The summed E-state index contributed by atoms with van der Waals surface area (Å²) >= 11 is 0. The van der Waals surface area contributed by atoms with Crippen LogP contribution in [0.4, 0.5) is 10.1 Å². The SMILES string of the molecule is Cc1ccc(NC(C(=O)O)c2cccc(F)c2)cc1. The third-order valence-corrected chi connectivity index (χ3v) is 2.79. The van der Waals surface area contributed by atoms with Crippen LogP contribution in [0.5, 0.6) is 0 Å². The molecule has 0 aliphatic heterocycles. The summed E-state index contributed by atoms with van der Waals surface area (Å²) in [7, 11) is 0. The van der Waals surface area contributed by atoms with E-state index in [2.05, 4.69) is 5.32 Å². The summed E-state index contributed by atoms with van der Waals surface area (Å²) in [6.07, 6.45) is 0. The Morgan fingerprint density at radius 2 is 1.89 bits per heavy atom. The van der Waals surface area contributed by atoms with E-state index in [9.17, 15) is 14.3 Å². The molecule has 0 aromatic heterocycles. The van der Waals surface area contributed by atoms with Crippen LogP contribution in [0.1, 0.15) is 17.2 Å². The molecule has 0 saturated carbocycles. The summed E-state index contributed by atoms with van der Waals surface area (Å²) in [5.74, 6) is -1.50. The van der Waals surface area contributed by atoms with Gasteiger partial charge in [0.25, 0.3) is 0 Å². The van der Waals surface area contributed by atoms with Gasteiger partial charge in [0, 0.05) is 5.69 Å². The van der Waals surface area contributed by atoms with Crippen molar-refractivity contribution in [3.8, 4) is 0 Å². The lowest BCUT2D eigenvalue weighted by molar-refractivity contribution is -0.138. The third kappa shape index (κ3) is 3.31. The van der Waals surface area contributed by atoms with Gasteiger partial charge in [-0.2, -0.15) is 0 Å². The molecule has 19 heavy (non-hydrogen) atoms. The number of benzene rings is 2. The Kier molecular flexibility index (Phi) is 3.80. The van der Waals surface area contributed by atoms with E-state index in [-0.39, 0.29) is 0 Å². The lowest BCUT2D eigenvalue weighted by Gasteiger charge is -2.16. The van der Waals surface area contributed by atoms with E-state index >= 15 is 0 Å². The molecule has 2 N–H and O–H groups in total. The monoisotopic (exact) mass is 259 g/mol. The molecule has 1 unspecified atom stereocenters. The lowest BCUT2D eigenvalue weighted by Crippen LogP contribution is -2.20. The van der Waals surface area contributed by atoms with Gasteiger partial charge in [-0.3, -0.25) is 0 Å². The van der Waals surface area contributed by atoms with E-state index in [1.165, 1.54) is 18.2 Å². The highest BCUT2D eigenvalue weighted by Gasteiger charge is 2.19. The number of aryl methyl sites for hydroxylation is 1. The van der Waals surface area contributed by atoms with Crippen LogP contribution < -0.4 is 5.32 Å². The number of halogens is 1. The minimum absolute atomic E-state index is 0.382. The van der Waals surface area contributed by atoms with Crippen molar-refractivity contribution in [2.75, 3.05) is 5.32 Å². The van der Waals surface area contributed by atoms with E-state index in [0.29, 0.717) is 11.3 Å². The van der Waals surface area contributed by atoms with Gasteiger partial charge in [-0.1, -0.05) is 29.8 Å². The normalized spacial score (nSPS) is 11.9. The summed E-state index contributed by atoms with van der Waals surface area (Å²) in [5, 5.41) is 12.1. The Morgan fingerprint density at radius 3 is 2.47 bits per heavy atom. The molecule has 4 heteroatoms. The van der Waals surface area contributed by atoms with Gasteiger partial charge < -0.3 is 10.4 Å². The van der Waals surface area contributed by atoms with Gasteiger partial charge in [0.05, 0.1) is 0 Å². The van der Waals surface area contributed by atoms with Crippen molar-refractivity contribution in [3.05, 3.63) is 65.5 Å². The molecule has 3 nitrogen and oxygen atoms in total. The number of carboxylic acid groups (broad SMARTS) is 1. The molecule has 0 spiro atoms. The fourth-order valence-corrected chi connectivity index (χ4v) is 1.79. The summed E-state index contributed by atoms with van der Waals surface area (Å²) in [6, 6.07) is 12.0. The molecule has 2 aromatic carbocycles. The zero-order valence-electron chi connectivity index (χ0n) is 10.4. The molecule has 0 aliphatic rings. The second-order valence-electron chi connectivity index (χ2n) is 4.34. The molecule has 2 rings (SSSR count). The Balaban J connectivity index is 2.26. The second kappa shape index (κ2) is 5.52. The third-order valence-electron chi connectivity index (χ3n) is 2.79. The van der Waals surface area contributed by atoms with Crippen LogP contribution in [-0.2, 0) is 4.79 Å². The van der Waals surface area contributed by atoms with Gasteiger partial charge in [-0.15, -0.1) is 0 Å². The molecular weight excluding hydrogens is 245 g/mol. The van der Waals surface area contributed by atoms with Crippen LogP contribution in [0.3, 0.4) is 0 Å². The molecule has 0 aliphatic carbocycles. The van der Waals surface area contributed by atoms with Crippen LogP contribution in [0.25, 0.3) is 0 Å². The molecule has 2 aromatic rings. The van der Waals surface area contributed by atoms with Crippen molar-refractivity contribution in [2.24, 2.45) is 0 Å². The Morgan fingerprint density at radius 1 is 1.21 bits per heavy atom. The average Bonchev–Trinajstić information content (AvgIpc) is 2.37. The van der Waals surface area contributed by atoms with E-state index in [4.69, 9.17) is 0 Å². The maximum Gasteiger partial charge on any atom is 0.330 e. The van der Waals surface area contributed by atoms with E-state index < -0.39 is 17.8 Å². The number of hydrogen-bond acceptors (Lipinski definition) is 2. The van der Waals surface area contributed by atoms with Gasteiger partial charge in [0.1, 0.15) is 5.82 Å². The topological polar surface area (TPSA) is 49.3 Å². The number of nitrogens with one attached hydrogen (secondary N) is 1. The van der Waals surface area contributed by atoms with Crippen LogP contribution in [0.15, 0.2) is 48.5 Å². The summed E-state index contributed by atoms with van der Waals surface area (Å²) in [4.78, 5) is 11.3. The summed E-state index contributed by atoms with van der Waals surface area (Å²) in [5.41, 5.74) is 2.15. The highest BCUT2D eigenvalue weighted by molar-refractivity contribution is 5.79. The van der Waals surface area contributed by atoms with E-state index in [1.807, 2.05) is 19.1 Å². The fourth-order valence-electron chi connectivity index (χ4n) is 1.79. The first-order chi connectivity index (χ1) is 9.06. The molecule has 0 radical (unpaired) electrons. The first-order valence-electron chi connectivity index (χ1n) is 5.88. The quantitative estimate of drug-likeness (QED) is 0.885. The number of rotatable bonds is 4. The molecule has 98 valence electrons. The van der Waals surface area contributed by atoms with E-state index in [1.54, 1.807) is 18.2 Å². The predicted molar refractivity (Wildman–Crippen MR) is 71.6 cm³/mol. The fraction of sp³-hybridized carbons (Fsp3) is 0.133. The van der Waals surface area contributed by atoms with Crippen molar-refractivity contribution >= 4 is 11.7 Å². The minimum atomic E-state index is -1.05. The zero-order chi connectivity index (χ0) is 13.8. The standard InChI is InChI=1S/C15H14FNO2/c1-10-5-7-13(8-6-10)17-14(15(18)19)11-3-2-4-12(16)9-11/h2-9,14,17H,1H3,(H,18,19). The number of aliphatic carboxylic acids is 1. The highest BCUT2D eigenvalue weighted by atomic mass is 19.1. The Labute approximate surface area is 110 Å². The summed E-state index contributed by atoms with van der Waals surface area (Å²) in [6.45, 7) is 1.95. The van der Waals surface area contributed by atoms with Crippen LogP contribution >= 0.6 is 0 Å². The van der Waals surface area contributed by atoms with Gasteiger partial charge >= 0.3 is 5.97 Å². The van der Waals surface area contributed by atoms with Crippen molar-refractivity contribution in [1.29, 1.82) is 0 Å². The maximum atomic E-state index is 13.2. The number of carbonyl (C=O) groups is 1. The van der Waals surface area contributed by atoms with Crippen LogP contribution in [-0.4, -0.2) is 11.1 Å². The van der Waals surface area contributed by atoms with Gasteiger partial charge in [-0.05, 0) is 36.8 Å². The predicted octanol–water partition coefficient (Wildman–Crippen LogP) is 3.37. The lowest BCUT2D eigenvalue weighted by atomic mass is 10.1. The van der Waals surface area contributed by atoms with Crippen molar-refractivity contribution < 1.29 is 14.3 Å². The zero-order valence-corrected chi connectivity index (χ0v) is 10.4. The van der Waals surface area contributed by atoms with Crippen molar-refractivity contribution in [2.45, 2.75) is 13.0 Å². The number of carboxylic acids is 1. The second-order valence-corrected chi connectivity index (χ2v) is 4.34. The number of anilines is 1. The van der Waals surface area contributed by atoms with Crippen molar-refractivity contribution in [3.63, 3.8) is 0 Å². The average molecular weight is 259 g/mol. The van der Waals surface area contributed by atoms with Crippen LogP contribution in [0, 0.1) is 12.7 Å². The van der Waals surface area contributed by atoms with E-state index in [0.717, 1.165) is 5.56 Å². The highest BCUT2D eigenvalue weighted by Crippen LogP contribution is 2.21. The molecule has 0 bridgehead atoms. The van der Waals surface area contributed by atoms with Gasteiger partial charge in [0.2, 0.25) is 0 Å². The van der Waals surface area contributed by atoms with Crippen LogP contribution in [0.2, 0.25) is 0 Å². The maximum absolute atomic E-state index is 13.2. The smallest absolute Gasteiger partial charge is 0.330 e.